The average Bonchev–Trinajstić information content (AvgIpc) is 3.52. The molecule has 7 heteroatoms. The van der Waals surface area contributed by atoms with Gasteiger partial charge in [-0.05, 0) is 46.4 Å². The average molecular weight is 477 g/mol. The van der Waals surface area contributed by atoms with E-state index in [1.807, 2.05) is 38.1 Å². The summed E-state index contributed by atoms with van der Waals surface area (Å²) in [5, 5.41) is 12.2. The van der Waals surface area contributed by atoms with Crippen molar-refractivity contribution in [3.63, 3.8) is 0 Å². The van der Waals surface area contributed by atoms with Crippen LogP contribution in [0.5, 0.6) is 0 Å². The van der Waals surface area contributed by atoms with Gasteiger partial charge in [0.2, 0.25) is 5.91 Å². The fourth-order valence-electron chi connectivity index (χ4n) is 5.95. The Bertz CT molecular complexity index is 1100. The van der Waals surface area contributed by atoms with E-state index < -0.39 is 18.1 Å². The Balaban J connectivity index is 1.24. The summed E-state index contributed by atoms with van der Waals surface area (Å²) in [6, 6.07) is 15.6. The van der Waals surface area contributed by atoms with Crippen molar-refractivity contribution in [3.05, 3.63) is 59.7 Å². The Morgan fingerprint density at radius 2 is 1.69 bits per heavy atom. The summed E-state index contributed by atoms with van der Waals surface area (Å²) in [5.41, 5.74) is 4.59. The Labute approximate surface area is 205 Å². The minimum absolute atomic E-state index is 0.0252. The summed E-state index contributed by atoms with van der Waals surface area (Å²) < 4.78 is 5.68. The maximum Gasteiger partial charge on any atom is 0.407 e. The highest BCUT2D eigenvalue weighted by Crippen LogP contribution is 2.51. The molecule has 3 aliphatic rings. The van der Waals surface area contributed by atoms with Crippen LogP contribution in [-0.2, 0) is 14.3 Å². The number of alkyl carbamates (subject to hydrolysis) is 1. The molecule has 35 heavy (non-hydrogen) atoms. The number of carbonyl (C=O) groups excluding carboxylic acids is 2. The summed E-state index contributed by atoms with van der Waals surface area (Å²) in [6.45, 7) is 5.09. The van der Waals surface area contributed by atoms with Gasteiger partial charge in [-0.1, -0.05) is 68.8 Å². The second kappa shape index (κ2) is 9.36. The first-order chi connectivity index (χ1) is 16.9. The second-order valence-electron chi connectivity index (χ2n) is 10.1. The highest BCUT2D eigenvalue weighted by molar-refractivity contribution is 5.86. The largest absolute Gasteiger partial charge is 0.481 e. The topological polar surface area (TPSA) is 95.9 Å². The predicted octanol–water partition coefficient (Wildman–Crippen LogP) is 4.12. The van der Waals surface area contributed by atoms with Crippen LogP contribution >= 0.6 is 0 Å². The van der Waals surface area contributed by atoms with Crippen LogP contribution in [0.2, 0.25) is 0 Å². The van der Waals surface area contributed by atoms with Crippen molar-refractivity contribution < 1.29 is 24.2 Å². The van der Waals surface area contributed by atoms with Crippen molar-refractivity contribution in [2.45, 2.75) is 38.6 Å². The number of nitrogens with one attached hydrogen (secondary N) is 1. The predicted molar refractivity (Wildman–Crippen MR) is 131 cm³/mol. The van der Waals surface area contributed by atoms with Crippen molar-refractivity contribution in [2.24, 2.45) is 23.7 Å². The summed E-state index contributed by atoms with van der Waals surface area (Å²) in [7, 11) is 0. The highest BCUT2D eigenvalue weighted by Gasteiger charge is 2.57. The quantitative estimate of drug-likeness (QED) is 0.627. The third kappa shape index (κ3) is 4.28. The van der Waals surface area contributed by atoms with E-state index in [0.29, 0.717) is 19.5 Å². The summed E-state index contributed by atoms with van der Waals surface area (Å²) >= 11 is 0. The zero-order valence-corrected chi connectivity index (χ0v) is 20.1. The number of hydrogen-bond acceptors (Lipinski definition) is 4. The van der Waals surface area contributed by atoms with Gasteiger partial charge in [0.25, 0.3) is 0 Å². The third-order valence-corrected chi connectivity index (χ3v) is 8.19. The van der Waals surface area contributed by atoms with E-state index >= 15 is 0 Å². The standard InChI is InChI=1S/C28H32N2O5/c1-3-16(2)25(26(31)30-13-12-21-22(14-30)24(21)27(32)33)29-28(34)35-15-23-19-10-6-4-8-17(19)18-9-5-7-11-20(18)23/h4-11,16,21-25H,3,12-15H2,1-2H3,(H,29,34)(H,32,33)/t16-,21+,22-,24?,25-/m0/s1. The molecule has 2 N–H and O–H groups in total. The number of nitrogens with zero attached hydrogens (tertiary/aromatic N) is 1. The van der Waals surface area contributed by atoms with E-state index in [-0.39, 0.29) is 42.1 Å². The molecule has 1 aliphatic heterocycles. The number of rotatable bonds is 7. The van der Waals surface area contributed by atoms with Gasteiger partial charge in [0.05, 0.1) is 5.92 Å². The summed E-state index contributed by atoms with van der Waals surface area (Å²) in [4.78, 5) is 39.4. The zero-order valence-electron chi connectivity index (χ0n) is 20.1. The van der Waals surface area contributed by atoms with Crippen LogP contribution < -0.4 is 5.32 Å². The van der Waals surface area contributed by atoms with Gasteiger partial charge in [-0.25, -0.2) is 4.79 Å². The van der Waals surface area contributed by atoms with Crippen molar-refractivity contribution in [1.29, 1.82) is 0 Å². The minimum atomic E-state index is -0.774. The number of carbonyl (C=O) groups is 3. The molecule has 1 heterocycles. The molecule has 0 bridgehead atoms. The normalized spacial score (nSPS) is 23.9. The first kappa shape index (κ1) is 23.4. The number of hydrogen-bond donors (Lipinski definition) is 2. The van der Waals surface area contributed by atoms with Crippen LogP contribution in [0.25, 0.3) is 11.1 Å². The molecule has 5 atom stereocenters. The molecule has 1 saturated heterocycles. The van der Waals surface area contributed by atoms with Crippen LogP contribution in [0.1, 0.15) is 43.7 Å². The number of likely N-dealkylation sites (tertiary alicyclic amines) is 1. The van der Waals surface area contributed by atoms with Crippen molar-refractivity contribution in [2.75, 3.05) is 19.7 Å². The third-order valence-electron chi connectivity index (χ3n) is 8.19. The van der Waals surface area contributed by atoms with Gasteiger partial charge in [0.15, 0.2) is 0 Å². The van der Waals surface area contributed by atoms with Crippen molar-refractivity contribution in [3.8, 4) is 11.1 Å². The van der Waals surface area contributed by atoms with E-state index in [9.17, 15) is 19.5 Å². The van der Waals surface area contributed by atoms with Gasteiger partial charge in [-0.2, -0.15) is 0 Å². The van der Waals surface area contributed by atoms with E-state index in [1.54, 1.807) is 4.90 Å². The lowest BCUT2D eigenvalue weighted by Gasteiger charge is -2.32. The lowest BCUT2D eigenvalue weighted by Crippen LogP contribution is -2.53. The van der Waals surface area contributed by atoms with Gasteiger partial charge in [0.1, 0.15) is 12.6 Å². The fourth-order valence-corrected chi connectivity index (χ4v) is 5.95. The number of fused-ring (bicyclic) bond motifs is 4. The molecular weight excluding hydrogens is 444 g/mol. The van der Waals surface area contributed by atoms with Crippen molar-refractivity contribution in [1.82, 2.24) is 10.2 Å². The van der Waals surface area contributed by atoms with Crippen LogP contribution in [0.4, 0.5) is 4.79 Å². The fraction of sp³-hybridized carbons (Fsp3) is 0.464. The zero-order chi connectivity index (χ0) is 24.7. The Kier molecular flexibility index (Phi) is 6.26. The molecule has 5 rings (SSSR count). The lowest BCUT2D eigenvalue weighted by atomic mass is 9.97. The van der Waals surface area contributed by atoms with Gasteiger partial charge < -0.3 is 20.1 Å². The molecule has 2 aliphatic carbocycles. The molecular formula is C28H32N2O5. The van der Waals surface area contributed by atoms with Crippen molar-refractivity contribution >= 4 is 18.0 Å². The van der Waals surface area contributed by atoms with E-state index in [1.165, 1.54) is 0 Å². The van der Waals surface area contributed by atoms with Gasteiger partial charge in [-0.15, -0.1) is 0 Å². The van der Waals surface area contributed by atoms with Crippen LogP contribution in [0.15, 0.2) is 48.5 Å². The molecule has 1 unspecified atom stereocenters. The SMILES string of the molecule is CC[C@H](C)[C@H](NC(=O)OCC1c2ccccc2-c2ccccc21)C(=O)N1CC[C@H]2C(C(=O)O)[C@H]2C1. The summed E-state index contributed by atoms with van der Waals surface area (Å²) in [6.07, 6.45) is 0.818. The number of carboxylic acids is 1. The Morgan fingerprint density at radius 1 is 1.06 bits per heavy atom. The monoisotopic (exact) mass is 476 g/mol. The minimum Gasteiger partial charge on any atom is -0.481 e. The molecule has 2 fully saturated rings. The van der Waals surface area contributed by atoms with Crippen LogP contribution in [0, 0.1) is 23.7 Å². The number of aliphatic carboxylic acids is 1. The molecule has 2 aromatic rings. The van der Waals surface area contributed by atoms with Gasteiger partial charge in [0, 0.05) is 19.0 Å². The maximum atomic E-state index is 13.4. The smallest absolute Gasteiger partial charge is 0.407 e. The van der Waals surface area contributed by atoms with Crippen LogP contribution in [-0.4, -0.2) is 53.7 Å². The van der Waals surface area contributed by atoms with E-state index in [0.717, 1.165) is 28.7 Å². The second-order valence-corrected chi connectivity index (χ2v) is 10.1. The van der Waals surface area contributed by atoms with Gasteiger partial charge in [-0.3, -0.25) is 9.59 Å². The van der Waals surface area contributed by atoms with Gasteiger partial charge >= 0.3 is 12.1 Å². The molecule has 0 aromatic heterocycles. The summed E-state index contributed by atoms with van der Waals surface area (Å²) in [5.74, 6) is -1.19. The first-order valence-corrected chi connectivity index (χ1v) is 12.5. The maximum absolute atomic E-state index is 13.4. The number of amides is 2. The number of benzene rings is 2. The number of piperidine rings is 1. The highest BCUT2D eigenvalue weighted by atomic mass is 16.5. The molecule has 0 radical (unpaired) electrons. The molecule has 7 nitrogen and oxygen atoms in total. The molecule has 0 spiro atoms. The molecule has 184 valence electrons. The molecule has 1 saturated carbocycles. The lowest BCUT2D eigenvalue weighted by molar-refractivity contribution is -0.139. The van der Waals surface area contributed by atoms with E-state index in [2.05, 4.69) is 29.6 Å². The Morgan fingerprint density at radius 3 is 2.29 bits per heavy atom. The van der Waals surface area contributed by atoms with E-state index in [4.69, 9.17) is 4.74 Å². The number of carboxylic acid groups (broad SMARTS) is 1. The Hall–Kier alpha value is -3.35. The first-order valence-electron chi connectivity index (χ1n) is 12.5. The van der Waals surface area contributed by atoms with Crippen LogP contribution in [0.3, 0.4) is 0 Å². The number of ether oxygens (including phenoxy) is 1. The molecule has 2 amide bonds. The molecule has 2 aromatic carbocycles.